The molecule has 0 fully saturated rings. The predicted octanol–water partition coefficient (Wildman–Crippen LogP) is 8.18. The SMILES string of the molecule is CC(Sc1ccc(NC(=O)/C(=C/c2cccc(Cl)c2)NC(=O)c2ccccc2)cc1)C(=O)Nc1ccc(Cl)c(Cl)c1. The molecule has 4 rings (SSSR count). The van der Waals surface area contributed by atoms with Crippen LogP contribution in [0, 0.1) is 0 Å². The van der Waals surface area contributed by atoms with Crippen LogP contribution in [0.2, 0.25) is 15.1 Å². The van der Waals surface area contributed by atoms with Crippen LogP contribution in [0.4, 0.5) is 11.4 Å². The summed E-state index contributed by atoms with van der Waals surface area (Å²) in [4.78, 5) is 39.5. The van der Waals surface area contributed by atoms with E-state index >= 15 is 0 Å². The Balaban J connectivity index is 1.42. The number of amides is 3. The lowest BCUT2D eigenvalue weighted by Crippen LogP contribution is -2.30. The number of thioether (sulfide) groups is 1. The molecule has 0 spiro atoms. The second kappa shape index (κ2) is 14.2. The Hall–Kier alpha value is -3.75. The highest BCUT2D eigenvalue weighted by atomic mass is 35.5. The van der Waals surface area contributed by atoms with Gasteiger partial charge in [0.15, 0.2) is 0 Å². The van der Waals surface area contributed by atoms with Gasteiger partial charge in [-0.2, -0.15) is 0 Å². The number of benzene rings is 4. The molecule has 4 aromatic carbocycles. The zero-order valence-corrected chi connectivity index (χ0v) is 24.7. The molecule has 0 heterocycles. The molecule has 41 heavy (non-hydrogen) atoms. The lowest BCUT2D eigenvalue weighted by molar-refractivity contribution is -0.115. The van der Waals surface area contributed by atoms with Crippen molar-refractivity contribution < 1.29 is 14.4 Å². The Bertz CT molecular complexity index is 1600. The predicted molar refractivity (Wildman–Crippen MR) is 169 cm³/mol. The fourth-order valence-corrected chi connectivity index (χ4v) is 4.96. The summed E-state index contributed by atoms with van der Waals surface area (Å²) in [6.45, 7) is 1.79. The van der Waals surface area contributed by atoms with Crippen LogP contribution in [-0.2, 0) is 9.59 Å². The highest BCUT2D eigenvalue weighted by Crippen LogP contribution is 2.28. The van der Waals surface area contributed by atoms with Gasteiger partial charge in [-0.1, -0.05) is 65.1 Å². The second-order valence-corrected chi connectivity index (χ2v) is 11.5. The van der Waals surface area contributed by atoms with Crippen LogP contribution < -0.4 is 16.0 Å². The van der Waals surface area contributed by atoms with E-state index in [0.29, 0.717) is 37.6 Å². The molecule has 208 valence electrons. The molecule has 0 radical (unpaired) electrons. The van der Waals surface area contributed by atoms with Crippen LogP contribution in [0.15, 0.2) is 108 Å². The van der Waals surface area contributed by atoms with Crippen molar-refractivity contribution in [2.75, 3.05) is 10.6 Å². The number of carbonyl (C=O) groups is 3. The van der Waals surface area contributed by atoms with Gasteiger partial charge in [-0.3, -0.25) is 14.4 Å². The van der Waals surface area contributed by atoms with Gasteiger partial charge < -0.3 is 16.0 Å². The summed E-state index contributed by atoms with van der Waals surface area (Å²) in [5.74, 6) is -1.13. The van der Waals surface area contributed by atoms with Gasteiger partial charge in [0, 0.05) is 26.9 Å². The maximum Gasteiger partial charge on any atom is 0.272 e. The molecule has 0 aliphatic heterocycles. The Morgan fingerprint density at radius 2 is 1.46 bits per heavy atom. The minimum atomic E-state index is -0.510. The zero-order chi connectivity index (χ0) is 29.4. The molecule has 10 heteroatoms. The third kappa shape index (κ3) is 8.87. The minimum absolute atomic E-state index is 0.0483. The lowest BCUT2D eigenvalue weighted by atomic mass is 10.1. The van der Waals surface area contributed by atoms with Crippen molar-refractivity contribution in [2.24, 2.45) is 0 Å². The van der Waals surface area contributed by atoms with Gasteiger partial charge in [0.05, 0.1) is 15.3 Å². The normalized spacial score (nSPS) is 11.9. The Morgan fingerprint density at radius 1 is 0.756 bits per heavy atom. The number of anilines is 2. The summed E-state index contributed by atoms with van der Waals surface area (Å²) in [5.41, 5.74) is 2.17. The summed E-state index contributed by atoms with van der Waals surface area (Å²) in [5, 5.41) is 9.19. The maximum absolute atomic E-state index is 13.2. The van der Waals surface area contributed by atoms with E-state index in [2.05, 4.69) is 16.0 Å². The molecule has 0 aliphatic rings. The van der Waals surface area contributed by atoms with E-state index in [1.54, 1.807) is 110 Å². The topological polar surface area (TPSA) is 87.3 Å². The fourth-order valence-electron chi connectivity index (χ4n) is 3.60. The number of hydrogen-bond donors (Lipinski definition) is 3. The molecular weight excluding hydrogens is 601 g/mol. The van der Waals surface area contributed by atoms with Gasteiger partial charge in [0.25, 0.3) is 11.8 Å². The van der Waals surface area contributed by atoms with Crippen LogP contribution in [0.1, 0.15) is 22.8 Å². The molecule has 0 aliphatic carbocycles. The number of halogens is 3. The van der Waals surface area contributed by atoms with Gasteiger partial charge in [-0.25, -0.2) is 0 Å². The van der Waals surface area contributed by atoms with Gasteiger partial charge in [-0.15, -0.1) is 11.8 Å². The van der Waals surface area contributed by atoms with E-state index in [4.69, 9.17) is 34.8 Å². The van der Waals surface area contributed by atoms with Crippen LogP contribution in [-0.4, -0.2) is 23.0 Å². The monoisotopic (exact) mass is 623 g/mol. The standard InChI is InChI=1S/C31H24Cl3N3O3S/c1-19(29(38)36-24-12-15-26(33)27(34)18-24)41-25-13-10-23(11-14-25)35-31(40)28(17-20-6-5-9-22(32)16-20)37-30(39)21-7-3-2-4-8-21/h2-19H,1H3,(H,35,40)(H,36,38)(H,37,39)/b28-17-. The van der Waals surface area contributed by atoms with Crippen LogP contribution in [0.3, 0.4) is 0 Å². The number of rotatable bonds is 9. The highest BCUT2D eigenvalue weighted by molar-refractivity contribution is 8.00. The Kier molecular flexibility index (Phi) is 10.5. The van der Waals surface area contributed by atoms with E-state index in [9.17, 15) is 14.4 Å². The number of carbonyl (C=O) groups excluding carboxylic acids is 3. The van der Waals surface area contributed by atoms with Gasteiger partial charge in [0.2, 0.25) is 5.91 Å². The molecule has 6 nitrogen and oxygen atoms in total. The number of hydrogen-bond acceptors (Lipinski definition) is 4. The van der Waals surface area contributed by atoms with Crippen molar-refractivity contribution in [2.45, 2.75) is 17.1 Å². The lowest BCUT2D eigenvalue weighted by Gasteiger charge is -2.14. The smallest absolute Gasteiger partial charge is 0.272 e. The highest BCUT2D eigenvalue weighted by Gasteiger charge is 2.17. The van der Waals surface area contributed by atoms with Crippen molar-refractivity contribution in [1.29, 1.82) is 0 Å². The summed E-state index contributed by atoms with van der Waals surface area (Å²) < 4.78 is 0. The molecule has 3 N–H and O–H groups in total. The molecule has 0 bridgehead atoms. The minimum Gasteiger partial charge on any atom is -0.325 e. The first-order valence-electron chi connectivity index (χ1n) is 12.4. The first kappa shape index (κ1) is 30.2. The summed E-state index contributed by atoms with van der Waals surface area (Å²) in [6, 6.07) is 27.5. The van der Waals surface area contributed by atoms with Crippen LogP contribution in [0.5, 0.6) is 0 Å². The van der Waals surface area contributed by atoms with Crippen LogP contribution in [0.25, 0.3) is 6.08 Å². The maximum atomic E-state index is 13.2. The first-order chi connectivity index (χ1) is 19.7. The molecule has 0 saturated carbocycles. The first-order valence-corrected chi connectivity index (χ1v) is 14.4. The second-order valence-electron chi connectivity index (χ2n) is 8.79. The van der Waals surface area contributed by atoms with Gasteiger partial charge >= 0.3 is 0 Å². The van der Waals surface area contributed by atoms with Crippen molar-refractivity contribution >= 4 is 81.7 Å². The zero-order valence-electron chi connectivity index (χ0n) is 21.7. The quantitative estimate of drug-likeness (QED) is 0.129. The molecule has 1 unspecified atom stereocenters. The summed E-state index contributed by atoms with van der Waals surface area (Å²) in [6.07, 6.45) is 1.56. The van der Waals surface area contributed by atoms with Crippen molar-refractivity contribution in [3.05, 3.63) is 129 Å². The fraction of sp³-hybridized carbons (Fsp3) is 0.0645. The largest absolute Gasteiger partial charge is 0.325 e. The third-order valence-corrected chi connectivity index (χ3v) is 7.76. The third-order valence-electron chi connectivity index (χ3n) is 5.67. The van der Waals surface area contributed by atoms with E-state index in [1.165, 1.54) is 11.8 Å². The molecule has 3 amide bonds. The number of nitrogens with one attached hydrogen (secondary N) is 3. The van der Waals surface area contributed by atoms with Gasteiger partial charge in [-0.05, 0) is 85.3 Å². The van der Waals surface area contributed by atoms with E-state index in [0.717, 1.165) is 4.90 Å². The molecule has 4 aromatic rings. The molecule has 0 saturated heterocycles. The molecular formula is C31H24Cl3N3O3S. The summed E-state index contributed by atoms with van der Waals surface area (Å²) in [7, 11) is 0. The van der Waals surface area contributed by atoms with E-state index in [1.807, 2.05) is 0 Å². The Morgan fingerprint density at radius 3 is 2.15 bits per heavy atom. The van der Waals surface area contributed by atoms with E-state index in [-0.39, 0.29) is 11.6 Å². The van der Waals surface area contributed by atoms with Crippen LogP contribution >= 0.6 is 46.6 Å². The van der Waals surface area contributed by atoms with Crippen molar-refractivity contribution in [1.82, 2.24) is 5.32 Å². The summed E-state index contributed by atoms with van der Waals surface area (Å²) >= 11 is 19.4. The van der Waals surface area contributed by atoms with E-state index < -0.39 is 17.1 Å². The van der Waals surface area contributed by atoms with Crippen molar-refractivity contribution in [3.63, 3.8) is 0 Å². The van der Waals surface area contributed by atoms with Crippen molar-refractivity contribution in [3.8, 4) is 0 Å². The average Bonchev–Trinajstić information content (AvgIpc) is 2.96. The average molecular weight is 625 g/mol. The molecule has 0 aromatic heterocycles. The molecule has 1 atom stereocenters. The Labute approximate surface area is 257 Å². The van der Waals surface area contributed by atoms with Gasteiger partial charge in [0.1, 0.15) is 5.70 Å².